The maximum absolute atomic E-state index is 11.5. The van der Waals surface area contributed by atoms with Crippen molar-refractivity contribution in [1.29, 1.82) is 0 Å². The van der Waals surface area contributed by atoms with E-state index in [1.807, 2.05) is 0 Å². The summed E-state index contributed by atoms with van der Waals surface area (Å²) in [6, 6.07) is 3.81. The van der Waals surface area contributed by atoms with Crippen molar-refractivity contribution in [2.45, 2.75) is 4.90 Å². The van der Waals surface area contributed by atoms with Gasteiger partial charge < -0.3 is 0 Å². The van der Waals surface area contributed by atoms with Crippen molar-refractivity contribution < 1.29 is 13.2 Å². The van der Waals surface area contributed by atoms with E-state index in [1.54, 1.807) is 0 Å². The Morgan fingerprint density at radius 1 is 1.40 bits per heavy atom. The molecule has 7 heteroatoms. The van der Waals surface area contributed by atoms with Crippen LogP contribution in [0, 0.1) is 0 Å². The van der Waals surface area contributed by atoms with Crippen LogP contribution in [0.1, 0.15) is 10.4 Å². The summed E-state index contributed by atoms with van der Waals surface area (Å²) < 4.78 is 25.0. The first kappa shape index (κ1) is 12.4. The van der Waals surface area contributed by atoms with Crippen molar-refractivity contribution >= 4 is 38.5 Å². The van der Waals surface area contributed by atoms with Crippen LogP contribution in [0.5, 0.6) is 0 Å². The molecule has 0 amide bonds. The average Bonchev–Trinajstić information content (AvgIpc) is 2.17. The summed E-state index contributed by atoms with van der Waals surface area (Å²) in [7, 11) is -2.46. The molecule has 0 saturated carbocycles. The maximum Gasteiger partial charge on any atom is 0.253 e. The molecule has 0 aliphatic rings. The summed E-state index contributed by atoms with van der Waals surface area (Å²) in [5.41, 5.74) is -0.140. The first-order valence-corrected chi connectivity index (χ1v) is 6.05. The second kappa shape index (κ2) is 4.49. The van der Waals surface area contributed by atoms with Gasteiger partial charge in [-0.3, -0.25) is 4.79 Å². The molecule has 0 aromatic heterocycles. The number of hydrogen-bond acceptors (Lipinski definition) is 3. The molecule has 0 aliphatic carbocycles. The number of sulfonamides is 1. The summed E-state index contributed by atoms with van der Waals surface area (Å²) >= 11 is 10.9. The van der Waals surface area contributed by atoms with Gasteiger partial charge in [-0.2, -0.15) is 0 Å². The molecule has 0 bridgehead atoms. The highest BCUT2D eigenvalue weighted by Gasteiger charge is 2.20. The van der Waals surface area contributed by atoms with Crippen molar-refractivity contribution in [3.8, 4) is 0 Å². The zero-order valence-electron chi connectivity index (χ0n) is 7.62. The number of halogens is 2. The molecule has 0 radical (unpaired) electrons. The van der Waals surface area contributed by atoms with E-state index in [2.05, 4.69) is 4.72 Å². The number of carbonyl (C=O) groups excluding carboxylic acids is 1. The van der Waals surface area contributed by atoms with E-state index in [9.17, 15) is 13.2 Å². The third-order valence-electron chi connectivity index (χ3n) is 1.71. The van der Waals surface area contributed by atoms with Crippen LogP contribution in [0.4, 0.5) is 0 Å². The fraction of sp³-hybridized carbons (Fsp3) is 0.125. The van der Waals surface area contributed by atoms with E-state index in [1.165, 1.54) is 25.2 Å². The minimum Gasteiger partial charge on any atom is -0.276 e. The number of rotatable bonds is 3. The molecule has 0 saturated heterocycles. The molecule has 1 aromatic rings. The normalized spacial score (nSPS) is 11.4. The second-order valence-corrected chi connectivity index (χ2v) is 5.26. The van der Waals surface area contributed by atoms with Gasteiger partial charge in [0.1, 0.15) is 0 Å². The first-order valence-electron chi connectivity index (χ1n) is 3.81. The SMILES string of the molecule is CNS(=O)(=O)c1ccc(Cl)cc1C(=O)Cl. The lowest BCUT2D eigenvalue weighted by atomic mass is 10.2. The molecular weight excluding hydrogens is 261 g/mol. The van der Waals surface area contributed by atoms with Crippen LogP contribution >= 0.6 is 23.2 Å². The van der Waals surface area contributed by atoms with Crippen LogP contribution in [0.3, 0.4) is 0 Å². The van der Waals surface area contributed by atoms with Gasteiger partial charge in [0.2, 0.25) is 10.0 Å². The highest BCUT2D eigenvalue weighted by atomic mass is 35.5. The van der Waals surface area contributed by atoms with Crippen LogP contribution < -0.4 is 4.72 Å². The summed E-state index contributed by atoms with van der Waals surface area (Å²) in [5, 5.41) is -0.625. The van der Waals surface area contributed by atoms with Crippen molar-refractivity contribution in [3.63, 3.8) is 0 Å². The smallest absolute Gasteiger partial charge is 0.253 e. The molecule has 0 fully saturated rings. The van der Waals surface area contributed by atoms with Crippen LogP contribution in [0.15, 0.2) is 23.1 Å². The highest BCUT2D eigenvalue weighted by molar-refractivity contribution is 7.89. The highest BCUT2D eigenvalue weighted by Crippen LogP contribution is 2.21. The standard InChI is InChI=1S/C8H7Cl2NO3S/c1-11-15(13,14)7-3-2-5(9)4-6(7)8(10)12/h2-4,11H,1H3. The Bertz CT molecular complexity index is 499. The van der Waals surface area contributed by atoms with Gasteiger partial charge in [0.05, 0.1) is 10.5 Å². The fourth-order valence-corrected chi connectivity index (χ4v) is 2.29. The van der Waals surface area contributed by atoms with Gasteiger partial charge in [-0.1, -0.05) is 11.6 Å². The summed E-state index contributed by atoms with van der Waals surface area (Å²) in [4.78, 5) is 10.8. The van der Waals surface area contributed by atoms with E-state index in [0.717, 1.165) is 0 Å². The molecule has 0 spiro atoms. The first-order chi connectivity index (χ1) is 6.88. The molecule has 1 aromatic carbocycles. The van der Waals surface area contributed by atoms with Gasteiger partial charge in [0, 0.05) is 5.02 Å². The lowest BCUT2D eigenvalue weighted by Crippen LogP contribution is -2.20. The van der Waals surface area contributed by atoms with Crippen molar-refractivity contribution in [3.05, 3.63) is 28.8 Å². The van der Waals surface area contributed by atoms with Crippen LogP contribution in [0.25, 0.3) is 0 Å². The second-order valence-electron chi connectivity index (χ2n) is 2.62. The summed E-state index contributed by atoms with van der Waals surface area (Å²) in [6.45, 7) is 0. The number of carbonyl (C=O) groups is 1. The summed E-state index contributed by atoms with van der Waals surface area (Å²) in [6.07, 6.45) is 0. The third kappa shape index (κ3) is 2.69. The largest absolute Gasteiger partial charge is 0.276 e. The molecule has 0 unspecified atom stereocenters. The van der Waals surface area contributed by atoms with E-state index in [4.69, 9.17) is 23.2 Å². The lowest BCUT2D eigenvalue weighted by molar-refractivity contribution is 0.107. The fourth-order valence-electron chi connectivity index (χ4n) is 1.00. The molecule has 4 nitrogen and oxygen atoms in total. The van der Waals surface area contributed by atoms with Crippen molar-refractivity contribution in [1.82, 2.24) is 4.72 Å². The molecule has 1 rings (SSSR count). The molecule has 15 heavy (non-hydrogen) atoms. The number of hydrogen-bond donors (Lipinski definition) is 1. The Morgan fingerprint density at radius 2 is 2.00 bits per heavy atom. The molecular formula is C8H7Cl2NO3S. The minimum absolute atomic E-state index is 0.140. The van der Waals surface area contributed by atoms with E-state index >= 15 is 0 Å². The monoisotopic (exact) mass is 267 g/mol. The van der Waals surface area contributed by atoms with Gasteiger partial charge in [-0.15, -0.1) is 0 Å². The predicted molar refractivity (Wildman–Crippen MR) is 57.9 cm³/mol. The minimum atomic E-state index is -3.70. The average molecular weight is 268 g/mol. The Morgan fingerprint density at radius 3 is 2.47 bits per heavy atom. The van der Waals surface area contributed by atoms with Gasteiger partial charge in [0.25, 0.3) is 5.24 Å². The number of benzene rings is 1. The number of nitrogens with one attached hydrogen (secondary N) is 1. The molecule has 1 N–H and O–H groups in total. The molecule has 0 aliphatic heterocycles. The van der Waals surface area contributed by atoms with Gasteiger partial charge >= 0.3 is 0 Å². The van der Waals surface area contributed by atoms with Gasteiger partial charge in [-0.05, 0) is 36.8 Å². The molecule has 0 heterocycles. The van der Waals surface area contributed by atoms with Crippen LogP contribution in [0.2, 0.25) is 5.02 Å². The van der Waals surface area contributed by atoms with Crippen LogP contribution in [-0.4, -0.2) is 20.7 Å². The van der Waals surface area contributed by atoms with Crippen molar-refractivity contribution in [2.24, 2.45) is 0 Å². The Kier molecular flexibility index (Phi) is 3.72. The zero-order chi connectivity index (χ0) is 11.6. The quantitative estimate of drug-likeness (QED) is 0.847. The van der Waals surface area contributed by atoms with Crippen molar-refractivity contribution in [2.75, 3.05) is 7.05 Å². The topological polar surface area (TPSA) is 63.2 Å². The van der Waals surface area contributed by atoms with Crippen LogP contribution in [-0.2, 0) is 10.0 Å². The lowest BCUT2D eigenvalue weighted by Gasteiger charge is -2.06. The van der Waals surface area contributed by atoms with E-state index in [-0.39, 0.29) is 15.5 Å². The Hall–Kier alpha value is -0.620. The zero-order valence-corrected chi connectivity index (χ0v) is 9.95. The maximum atomic E-state index is 11.5. The predicted octanol–water partition coefficient (Wildman–Crippen LogP) is 1.63. The third-order valence-corrected chi connectivity index (χ3v) is 3.62. The Balaban J connectivity index is 3.49. The molecule has 0 atom stereocenters. The van der Waals surface area contributed by atoms with Gasteiger partial charge in [0.15, 0.2) is 0 Å². The van der Waals surface area contributed by atoms with Gasteiger partial charge in [-0.25, -0.2) is 13.1 Å². The summed E-state index contributed by atoms with van der Waals surface area (Å²) in [5.74, 6) is 0. The van der Waals surface area contributed by atoms with E-state index < -0.39 is 15.3 Å². The Labute approximate surface area is 97.2 Å². The molecule has 82 valence electrons. The van der Waals surface area contributed by atoms with E-state index in [0.29, 0.717) is 0 Å².